The summed E-state index contributed by atoms with van der Waals surface area (Å²) in [5.41, 5.74) is 4.26. The first-order valence-corrected chi connectivity index (χ1v) is 11.8. The predicted octanol–water partition coefficient (Wildman–Crippen LogP) is 6.09. The number of ether oxygens (including phenoxy) is 3. The lowest BCUT2D eigenvalue weighted by atomic mass is 10.1. The second-order valence-corrected chi connectivity index (χ2v) is 8.88. The zero-order chi connectivity index (χ0) is 24.7. The van der Waals surface area contributed by atoms with E-state index in [0.29, 0.717) is 28.7 Å². The fourth-order valence-corrected chi connectivity index (χ4v) is 4.38. The van der Waals surface area contributed by atoms with Gasteiger partial charge in [0.05, 0.1) is 19.3 Å². The van der Waals surface area contributed by atoms with Crippen molar-refractivity contribution in [2.24, 2.45) is 0 Å². The Labute approximate surface area is 204 Å². The summed E-state index contributed by atoms with van der Waals surface area (Å²) in [7, 11) is 1.58. The van der Waals surface area contributed by atoms with Gasteiger partial charge in [-0.15, -0.1) is 11.3 Å². The molecule has 1 aromatic heterocycles. The van der Waals surface area contributed by atoms with E-state index in [2.05, 4.69) is 5.32 Å². The molecule has 1 N–H and O–H groups in total. The number of thiophene rings is 1. The number of rotatable bonds is 9. The minimum Gasteiger partial charge on any atom is -0.493 e. The zero-order valence-electron chi connectivity index (χ0n) is 20.1. The van der Waals surface area contributed by atoms with Gasteiger partial charge in [-0.25, -0.2) is 4.79 Å². The highest BCUT2D eigenvalue weighted by Gasteiger charge is 2.21. The monoisotopic (exact) mass is 479 g/mol. The molecular weight excluding hydrogens is 450 g/mol. The van der Waals surface area contributed by atoms with Crippen molar-refractivity contribution in [2.45, 2.75) is 34.3 Å². The Balaban J connectivity index is 1.70. The Hall–Kier alpha value is -3.58. The van der Waals surface area contributed by atoms with E-state index < -0.39 is 5.97 Å². The van der Waals surface area contributed by atoms with Gasteiger partial charge in [0.25, 0.3) is 0 Å². The molecular formula is C27H29NO5S. The number of hydrogen-bond donors (Lipinski definition) is 1. The summed E-state index contributed by atoms with van der Waals surface area (Å²) >= 11 is 1.35. The number of methoxy groups -OCH3 is 1. The zero-order valence-corrected chi connectivity index (χ0v) is 20.9. The third-order valence-corrected chi connectivity index (χ3v) is 6.48. The van der Waals surface area contributed by atoms with Crippen molar-refractivity contribution in [3.63, 3.8) is 0 Å². The molecule has 0 saturated carbocycles. The van der Waals surface area contributed by atoms with Crippen LogP contribution in [-0.2, 0) is 16.1 Å². The molecule has 3 rings (SSSR count). The molecule has 2 aromatic carbocycles. The molecule has 1 heterocycles. The maximum Gasteiger partial charge on any atom is 0.341 e. The molecule has 0 bridgehead atoms. The summed E-state index contributed by atoms with van der Waals surface area (Å²) in [5, 5.41) is 3.29. The second kappa shape index (κ2) is 11.5. The lowest BCUT2D eigenvalue weighted by Crippen LogP contribution is -2.12. The van der Waals surface area contributed by atoms with E-state index in [0.717, 1.165) is 27.1 Å². The van der Waals surface area contributed by atoms with Crippen molar-refractivity contribution in [2.75, 3.05) is 19.0 Å². The van der Waals surface area contributed by atoms with E-state index in [9.17, 15) is 9.59 Å². The molecule has 6 nitrogen and oxygen atoms in total. The first-order chi connectivity index (χ1) is 16.3. The summed E-state index contributed by atoms with van der Waals surface area (Å²) in [4.78, 5) is 25.8. The van der Waals surface area contributed by atoms with Gasteiger partial charge >= 0.3 is 5.97 Å². The Bertz CT molecular complexity index is 1210. The molecule has 1 amide bonds. The quantitative estimate of drug-likeness (QED) is 0.297. The maximum atomic E-state index is 12.6. The first-order valence-electron chi connectivity index (χ1n) is 11.0. The van der Waals surface area contributed by atoms with Crippen LogP contribution in [0, 0.1) is 20.8 Å². The SMILES string of the molecule is CCOC(=O)c1c(NC(=O)/C=C/c2ccc(OCc3ccccc3C)c(OC)c2)sc(C)c1C. The topological polar surface area (TPSA) is 73.9 Å². The number of aryl methyl sites for hydroxylation is 2. The van der Waals surface area contributed by atoms with E-state index in [-0.39, 0.29) is 12.5 Å². The summed E-state index contributed by atoms with van der Waals surface area (Å²) in [6.07, 6.45) is 3.10. The van der Waals surface area contributed by atoms with Crippen molar-refractivity contribution in [3.05, 3.63) is 81.2 Å². The van der Waals surface area contributed by atoms with Crippen molar-refractivity contribution in [3.8, 4) is 11.5 Å². The Kier molecular flexibility index (Phi) is 8.49. The van der Waals surface area contributed by atoms with E-state index >= 15 is 0 Å². The minimum atomic E-state index is -0.436. The maximum absolute atomic E-state index is 12.6. The highest BCUT2D eigenvalue weighted by molar-refractivity contribution is 7.16. The second-order valence-electron chi connectivity index (χ2n) is 7.66. The molecule has 3 aromatic rings. The van der Waals surface area contributed by atoms with Gasteiger partial charge in [-0.3, -0.25) is 4.79 Å². The van der Waals surface area contributed by atoms with Gasteiger partial charge in [-0.05, 0) is 68.2 Å². The van der Waals surface area contributed by atoms with Crippen molar-refractivity contribution in [1.82, 2.24) is 0 Å². The van der Waals surface area contributed by atoms with E-state index in [4.69, 9.17) is 14.2 Å². The third-order valence-electron chi connectivity index (χ3n) is 5.36. The number of carbonyl (C=O) groups is 2. The Morgan fingerprint density at radius 3 is 2.53 bits per heavy atom. The van der Waals surface area contributed by atoms with E-state index in [1.54, 1.807) is 26.2 Å². The average molecular weight is 480 g/mol. The van der Waals surface area contributed by atoms with Crippen LogP contribution >= 0.6 is 11.3 Å². The van der Waals surface area contributed by atoms with Crippen LogP contribution in [0.25, 0.3) is 6.08 Å². The van der Waals surface area contributed by atoms with Gasteiger partial charge in [0.15, 0.2) is 11.5 Å². The molecule has 0 atom stereocenters. The van der Waals surface area contributed by atoms with Gasteiger partial charge in [0.2, 0.25) is 5.91 Å². The van der Waals surface area contributed by atoms with Crippen LogP contribution in [0.15, 0.2) is 48.5 Å². The number of anilines is 1. The number of nitrogens with one attached hydrogen (secondary N) is 1. The highest BCUT2D eigenvalue weighted by Crippen LogP contribution is 2.33. The fraction of sp³-hybridized carbons (Fsp3) is 0.259. The summed E-state index contributed by atoms with van der Waals surface area (Å²) in [6.45, 7) is 8.25. The van der Waals surface area contributed by atoms with Crippen LogP contribution < -0.4 is 14.8 Å². The Morgan fingerprint density at radius 1 is 1.06 bits per heavy atom. The summed E-state index contributed by atoms with van der Waals surface area (Å²) in [5.74, 6) is 0.418. The standard InChI is InChI=1S/C27H29NO5S/c1-6-32-27(30)25-18(3)19(4)34-26(25)28-24(29)14-12-20-11-13-22(23(15-20)31-5)33-16-21-10-8-7-9-17(21)2/h7-15H,6,16H2,1-5H3,(H,28,29)/b14-12+. The fourth-order valence-electron chi connectivity index (χ4n) is 3.32. The molecule has 178 valence electrons. The molecule has 0 spiro atoms. The molecule has 0 unspecified atom stereocenters. The third kappa shape index (κ3) is 6.05. The van der Waals surface area contributed by atoms with E-state index in [1.165, 1.54) is 17.4 Å². The van der Waals surface area contributed by atoms with Gasteiger partial charge in [0.1, 0.15) is 11.6 Å². The number of esters is 1. The van der Waals surface area contributed by atoms with Crippen molar-refractivity contribution < 1.29 is 23.8 Å². The van der Waals surface area contributed by atoms with Gasteiger partial charge in [-0.1, -0.05) is 30.3 Å². The summed E-state index contributed by atoms with van der Waals surface area (Å²) in [6, 6.07) is 13.5. The highest BCUT2D eigenvalue weighted by atomic mass is 32.1. The number of benzene rings is 2. The lowest BCUT2D eigenvalue weighted by molar-refractivity contribution is -0.111. The van der Waals surface area contributed by atoms with Gasteiger partial charge in [-0.2, -0.15) is 0 Å². The molecule has 0 radical (unpaired) electrons. The molecule has 0 aliphatic heterocycles. The van der Waals surface area contributed by atoms with Crippen LogP contribution in [0.4, 0.5) is 5.00 Å². The number of amides is 1. The molecule has 0 aliphatic carbocycles. The largest absolute Gasteiger partial charge is 0.493 e. The van der Waals surface area contributed by atoms with E-state index in [1.807, 2.05) is 57.2 Å². The molecule has 7 heteroatoms. The Morgan fingerprint density at radius 2 is 1.82 bits per heavy atom. The normalized spacial score (nSPS) is 10.9. The van der Waals surface area contributed by atoms with Crippen molar-refractivity contribution >= 4 is 34.3 Å². The lowest BCUT2D eigenvalue weighted by Gasteiger charge is -2.12. The number of carbonyl (C=O) groups excluding carboxylic acids is 2. The van der Waals surface area contributed by atoms with Crippen LogP contribution in [0.3, 0.4) is 0 Å². The number of hydrogen-bond acceptors (Lipinski definition) is 6. The van der Waals surface area contributed by atoms with Crippen LogP contribution in [0.5, 0.6) is 11.5 Å². The molecule has 0 fully saturated rings. The van der Waals surface area contributed by atoms with Crippen LogP contribution in [-0.4, -0.2) is 25.6 Å². The van der Waals surface area contributed by atoms with Gasteiger partial charge in [0, 0.05) is 11.0 Å². The molecule has 0 saturated heterocycles. The van der Waals surface area contributed by atoms with Crippen LogP contribution in [0.1, 0.15) is 44.4 Å². The minimum absolute atomic E-state index is 0.271. The summed E-state index contributed by atoms with van der Waals surface area (Å²) < 4.78 is 16.6. The molecule has 0 aliphatic rings. The van der Waals surface area contributed by atoms with Crippen molar-refractivity contribution in [1.29, 1.82) is 0 Å². The van der Waals surface area contributed by atoms with Crippen LogP contribution in [0.2, 0.25) is 0 Å². The molecule has 34 heavy (non-hydrogen) atoms. The first kappa shape index (κ1) is 25.1. The smallest absolute Gasteiger partial charge is 0.341 e. The average Bonchev–Trinajstić information content (AvgIpc) is 3.10. The van der Waals surface area contributed by atoms with Gasteiger partial charge < -0.3 is 19.5 Å². The predicted molar refractivity (Wildman–Crippen MR) is 136 cm³/mol.